The zero-order valence-electron chi connectivity index (χ0n) is 10.6. The van der Waals surface area contributed by atoms with Crippen LogP contribution in [0, 0.1) is 0 Å². The maximum atomic E-state index is 12.8. The fourth-order valence-corrected chi connectivity index (χ4v) is 3.12. The average molecular weight is 265 g/mol. The highest BCUT2D eigenvalue weighted by Gasteiger charge is 2.45. The zero-order valence-corrected chi connectivity index (χ0v) is 10.6. The smallest absolute Gasteiger partial charge is 0.329 e. The van der Waals surface area contributed by atoms with Gasteiger partial charge in [0.05, 0.1) is 0 Å². The Bertz CT molecular complexity index is 264. The molecule has 2 fully saturated rings. The third-order valence-electron chi connectivity index (χ3n) is 4.14. The van der Waals surface area contributed by atoms with Crippen LogP contribution in [0.2, 0.25) is 0 Å². The Kier molecular flexibility index (Phi) is 4.50. The fourth-order valence-electron chi connectivity index (χ4n) is 3.12. The fraction of sp³-hybridized carbons (Fsp3) is 1.00. The van der Waals surface area contributed by atoms with Crippen molar-refractivity contribution in [1.29, 1.82) is 0 Å². The second-order valence-electron chi connectivity index (χ2n) is 5.33. The highest BCUT2D eigenvalue weighted by Crippen LogP contribution is 2.29. The topological polar surface area (TPSA) is 32.5 Å². The van der Waals surface area contributed by atoms with E-state index in [0.29, 0.717) is 19.1 Å². The van der Waals surface area contributed by atoms with Crippen molar-refractivity contribution in [3.05, 3.63) is 0 Å². The van der Waals surface area contributed by atoms with Gasteiger partial charge in [-0.15, -0.1) is 0 Å². The molecule has 0 bridgehead atoms. The molecule has 0 aromatic carbocycles. The van der Waals surface area contributed by atoms with E-state index in [1.807, 2.05) is 0 Å². The molecule has 3 nitrogen and oxygen atoms in total. The number of nitrogens with zero attached hydrogens (tertiary/aromatic N) is 2. The van der Waals surface area contributed by atoms with Gasteiger partial charge in [0, 0.05) is 25.7 Å². The summed E-state index contributed by atoms with van der Waals surface area (Å²) in [6, 6.07) is -1.17. The molecule has 2 rings (SSSR count). The van der Waals surface area contributed by atoms with Crippen molar-refractivity contribution in [3.63, 3.8) is 0 Å². The number of hydrogen-bond acceptors (Lipinski definition) is 3. The molecule has 2 saturated heterocycles. The molecule has 18 heavy (non-hydrogen) atoms. The van der Waals surface area contributed by atoms with E-state index in [9.17, 15) is 13.2 Å². The van der Waals surface area contributed by atoms with Crippen LogP contribution in [0.1, 0.15) is 25.7 Å². The SMILES string of the molecule is NCC(N1CCC(N2CCCCC2)C1)C(F)(F)F. The average Bonchev–Trinajstić information content (AvgIpc) is 2.78. The Morgan fingerprint density at radius 2 is 1.78 bits per heavy atom. The van der Waals surface area contributed by atoms with Crippen molar-refractivity contribution >= 4 is 0 Å². The first-order valence-corrected chi connectivity index (χ1v) is 6.77. The number of alkyl halides is 3. The predicted octanol–water partition coefficient (Wildman–Crippen LogP) is 1.44. The molecule has 6 heteroatoms. The summed E-state index contributed by atoms with van der Waals surface area (Å²) in [6.07, 6.45) is 0.241. The second kappa shape index (κ2) is 5.75. The summed E-state index contributed by atoms with van der Waals surface area (Å²) in [4.78, 5) is 3.87. The molecule has 0 spiro atoms. The normalized spacial score (nSPS) is 29.7. The molecule has 0 amide bonds. The first-order chi connectivity index (χ1) is 8.52. The Labute approximate surface area is 106 Å². The largest absolute Gasteiger partial charge is 0.405 e. The minimum Gasteiger partial charge on any atom is -0.329 e. The maximum Gasteiger partial charge on any atom is 0.405 e. The summed E-state index contributed by atoms with van der Waals surface area (Å²) in [7, 11) is 0. The van der Waals surface area contributed by atoms with Gasteiger partial charge in [0.25, 0.3) is 0 Å². The first kappa shape index (κ1) is 14.1. The van der Waals surface area contributed by atoms with Crippen molar-refractivity contribution in [3.8, 4) is 0 Å². The van der Waals surface area contributed by atoms with Crippen molar-refractivity contribution in [2.24, 2.45) is 5.73 Å². The van der Waals surface area contributed by atoms with Crippen LogP contribution in [-0.4, -0.2) is 60.8 Å². The van der Waals surface area contributed by atoms with Crippen LogP contribution in [-0.2, 0) is 0 Å². The third-order valence-corrected chi connectivity index (χ3v) is 4.14. The van der Waals surface area contributed by atoms with E-state index < -0.39 is 12.2 Å². The van der Waals surface area contributed by atoms with Crippen LogP contribution in [0.25, 0.3) is 0 Å². The van der Waals surface area contributed by atoms with Gasteiger partial charge < -0.3 is 5.73 Å². The summed E-state index contributed by atoms with van der Waals surface area (Å²) in [5.41, 5.74) is 5.29. The van der Waals surface area contributed by atoms with Gasteiger partial charge in [-0.05, 0) is 32.4 Å². The Balaban J connectivity index is 1.90. The van der Waals surface area contributed by atoms with E-state index in [2.05, 4.69) is 4.90 Å². The lowest BCUT2D eigenvalue weighted by Gasteiger charge is -2.33. The van der Waals surface area contributed by atoms with Crippen LogP contribution >= 0.6 is 0 Å². The molecular weight excluding hydrogens is 243 g/mol. The summed E-state index contributed by atoms with van der Waals surface area (Å²) >= 11 is 0. The second-order valence-corrected chi connectivity index (χ2v) is 5.33. The molecule has 2 aliphatic rings. The molecule has 2 N–H and O–H groups in total. The van der Waals surface area contributed by atoms with Gasteiger partial charge in [-0.2, -0.15) is 13.2 Å². The van der Waals surface area contributed by atoms with Crippen molar-refractivity contribution in [2.45, 2.75) is 43.9 Å². The van der Waals surface area contributed by atoms with E-state index >= 15 is 0 Å². The minimum absolute atomic E-state index is 0.293. The van der Waals surface area contributed by atoms with Gasteiger partial charge in [0.1, 0.15) is 6.04 Å². The maximum absolute atomic E-state index is 12.8. The molecule has 106 valence electrons. The molecule has 0 saturated carbocycles. The van der Waals surface area contributed by atoms with Crippen LogP contribution in [0.3, 0.4) is 0 Å². The van der Waals surface area contributed by atoms with Crippen molar-refractivity contribution < 1.29 is 13.2 Å². The molecule has 2 aliphatic heterocycles. The number of likely N-dealkylation sites (tertiary alicyclic amines) is 2. The zero-order chi connectivity index (χ0) is 13.2. The molecule has 2 unspecified atom stereocenters. The van der Waals surface area contributed by atoms with Gasteiger partial charge in [-0.3, -0.25) is 9.80 Å². The first-order valence-electron chi connectivity index (χ1n) is 6.77. The highest BCUT2D eigenvalue weighted by molar-refractivity contribution is 4.90. The molecule has 0 aliphatic carbocycles. The molecule has 2 heterocycles. The number of rotatable bonds is 3. The van der Waals surface area contributed by atoms with Gasteiger partial charge in [0.2, 0.25) is 0 Å². The van der Waals surface area contributed by atoms with Crippen molar-refractivity contribution in [2.75, 3.05) is 32.7 Å². The predicted molar refractivity (Wildman–Crippen MR) is 64.3 cm³/mol. The van der Waals surface area contributed by atoms with Crippen molar-refractivity contribution in [1.82, 2.24) is 9.80 Å². The summed E-state index contributed by atoms with van der Waals surface area (Å²) in [5.74, 6) is 0. The van der Waals surface area contributed by atoms with Gasteiger partial charge in [0.15, 0.2) is 0 Å². The quantitative estimate of drug-likeness (QED) is 0.838. The van der Waals surface area contributed by atoms with E-state index in [4.69, 9.17) is 5.73 Å². The number of nitrogens with two attached hydrogens (primary N) is 1. The van der Waals surface area contributed by atoms with E-state index in [-0.39, 0.29) is 6.54 Å². The minimum atomic E-state index is -4.20. The number of halogens is 3. The highest BCUT2D eigenvalue weighted by atomic mass is 19.4. The molecular formula is C12H22F3N3. The lowest BCUT2D eigenvalue weighted by atomic mass is 10.1. The summed E-state index contributed by atoms with van der Waals surface area (Å²) in [5, 5.41) is 0. The lowest BCUT2D eigenvalue weighted by molar-refractivity contribution is -0.178. The Hall–Kier alpha value is -0.330. The molecule has 0 aromatic rings. The molecule has 2 atom stereocenters. The lowest BCUT2D eigenvalue weighted by Crippen LogP contribution is -2.50. The number of piperidine rings is 1. The third kappa shape index (κ3) is 3.16. The van der Waals surface area contributed by atoms with Gasteiger partial charge >= 0.3 is 6.18 Å². The van der Waals surface area contributed by atoms with E-state index in [1.165, 1.54) is 24.2 Å². The Morgan fingerprint density at radius 3 is 2.33 bits per heavy atom. The molecule has 0 aromatic heterocycles. The molecule has 0 radical (unpaired) electrons. The summed E-state index contributed by atoms with van der Waals surface area (Å²) in [6.45, 7) is 2.77. The van der Waals surface area contributed by atoms with E-state index in [1.54, 1.807) is 0 Å². The van der Waals surface area contributed by atoms with Crippen LogP contribution in [0.15, 0.2) is 0 Å². The van der Waals surface area contributed by atoms with Gasteiger partial charge in [-0.25, -0.2) is 0 Å². The van der Waals surface area contributed by atoms with E-state index in [0.717, 1.165) is 19.5 Å². The van der Waals surface area contributed by atoms with Crippen LogP contribution in [0.4, 0.5) is 13.2 Å². The standard InChI is InChI=1S/C12H22F3N3/c13-12(14,15)11(8-16)18-7-4-10(9-18)17-5-2-1-3-6-17/h10-11H,1-9,16H2. The Morgan fingerprint density at radius 1 is 1.11 bits per heavy atom. The van der Waals surface area contributed by atoms with Crippen LogP contribution in [0.5, 0.6) is 0 Å². The van der Waals surface area contributed by atoms with Crippen LogP contribution < -0.4 is 5.73 Å². The van der Waals surface area contributed by atoms with Gasteiger partial charge in [-0.1, -0.05) is 6.42 Å². The monoisotopic (exact) mass is 265 g/mol. The number of hydrogen-bond donors (Lipinski definition) is 1. The summed E-state index contributed by atoms with van der Waals surface area (Å²) < 4.78 is 38.4.